The number of hydrogen-bond acceptors (Lipinski definition) is 3. The minimum absolute atomic E-state index is 0.0830. The van der Waals surface area contributed by atoms with Crippen LogP contribution in [0, 0.1) is 5.92 Å². The molecule has 5 heteroatoms. The summed E-state index contributed by atoms with van der Waals surface area (Å²) in [5, 5.41) is 0. The van der Waals surface area contributed by atoms with E-state index in [1.54, 1.807) is 0 Å². The third kappa shape index (κ3) is 13.9. The third-order valence-corrected chi connectivity index (χ3v) is 3.59. The molecule has 18 heavy (non-hydrogen) atoms. The molecule has 1 atom stereocenters. The van der Waals surface area contributed by atoms with Gasteiger partial charge in [-0.2, -0.15) is 8.42 Å². The molecule has 0 amide bonds. The van der Waals surface area contributed by atoms with E-state index < -0.39 is 10.4 Å². The van der Waals surface area contributed by atoms with Crippen LogP contribution in [0.3, 0.4) is 0 Å². The summed E-state index contributed by atoms with van der Waals surface area (Å²) in [4.78, 5) is 0. The van der Waals surface area contributed by atoms with Gasteiger partial charge in [-0.05, 0) is 18.8 Å². The minimum atomic E-state index is -4.25. The Morgan fingerprint density at radius 1 is 1.00 bits per heavy atom. The minimum Gasteiger partial charge on any atom is -0.264 e. The molecule has 0 aromatic heterocycles. The van der Waals surface area contributed by atoms with Gasteiger partial charge in [0.05, 0.1) is 6.61 Å². The zero-order chi connectivity index (χ0) is 13.9. The highest BCUT2D eigenvalue weighted by molar-refractivity contribution is 7.80. The fourth-order valence-electron chi connectivity index (χ4n) is 2.01. The van der Waals surface area contributed by atoms with Crippen molar-refractivity contribution in [3.05, 3.63) is 0 Å². The predicted molar refractivity (Wildman–Crippen MR) is 73.9 cm³/mol. The van der Waals surface area contributed by atoms with Crippen LogP contribution >= 0.6 is 0 Å². The molecule has 0 saturated heterocycles. The third-order valence-electron chi connectivity index (χ3n) is 3.12. The van der Waals surface area contributed by atoms with E-state index in [1.807, 2.05) is 0 Å². The molecule has 0 aliphatic carbocycles. The molecule has 0 heterocycles. The Kier molecular flexibility index (Phi) is 10.7. The first-order valence-corrected chi connectivity index (χ1v) is 8.44. The molecular weight excluding hydrogens is 252 g/mol. The van der Waals surface area contributed by atoms with Gasteiger partial charge < -0.3 is 0 Å². The van der Waals surface area contributed by atoms with Crippen LogP contribution in [0.2, 0.25) is 0 Å². The van der Waals surface area contributed by atoms with E-state index in [-0.39, 0.29) is 6.61 Å². The predicted octanol–water partition coefficient (Wildman–Crippen LogP) is 3.97. The molecule has 0 aromatic carbocycles. The van der Waals surface area contributed by atoms with Crippen LogP contribution in [-0.2, 0) is 14.6 Å². The van der Waals surface area contributed by atoms with E-state index >= 15 is 0 Å². The summed E-state index contributed by atoms with van der Waals surface area (Å²) in [6, 6.07) is 0. The number of hydrogen-bond donors (Lipinski definition) is 1. The standard InChI is InChI=1S/C13H28O4S/c1-3-4-5-6-7-8-10-13(2)11-9-12-17-18(14,15)16/h13H,3-12H2,1-2H3,(H,14,15,16). The van der Waals surface area contributed by atoms with Crippen molar-refractivity contribution in [1.29, 1.82) is 0 Å². The second-order valence-electron chi connectivity index (χ2n) is 5.05. The number of unbranched alkanes of at least 4 members (excludes halogenated alkanes) is 5. The number of rotatable bonds is 12. The van der Waals surface area contributed by atoms with Crippen molar-refractivity contribution in [2.24, 2.45) is 5.92 Å². The molecule has 0 bridgehead atoms. The summed E-state index contributed by atoms with van der Waals surface area (Å²) in [7, 11) is -4.25. The summed E-state index contributed by atoms with van der Waals surface area (Å²) in [5.41, 5.74) is 0. The van der Waals surface area contributed by atoms with Crippen molar-refractivity contribution in [2.75, 3.05) is 6.61 Å². The van der Waals surface area contributed by atoms with Gasteiger partial charge in [-0.3, -0.25) is 4.55 Å². The van der Waals surface area contributed by atoms with Crippen LogP contribution in [0.25, 0.3) is 0 Å². The van der Waals surface area contributed by atoms with Crippen molar-refractivity contribution in [1.82, 2.24) is 0 Å². The molecular formula is C13H28O4S. The van der Waals surface area contributed by atoms with Gasteiger partial charge in [-0.25, -0.2) is 4.18 Å². The monoisotopic (exact) mass is 280 g/mol. The Morgan fingerprint density at radius 3 is 2.17 bits per heavy atom. The molecule has 0 aliphatic heterocycles. The summed E-state index contributed by atoms with van der Waals surface area (Å²) in [5.74, 6) is 0.598. The lowest BCUT2D eigenvalue weighted by Crippen LogP contribution is -2.06. The Balaban J connectivity index is 3.30. The highest BCUT2D eigenvalue weighted by atomic mass is 32.3. The maximum Gasteiger partial charge on any atom is 0.397 e. The van der Waals surface area contributed by atoms with Gasteiger partial charge in [0.1, 0.15) is 0 Å². The van der Waals surface area contributed by atoms with Crippen LogP contribution in [0.4, 0.5) is 0 Å². The summed E-state index contributed by atoms with van der Waals surface area (Å²) in [6.45, 7) is 4.48. The molecule has 1 unspecified atom stereocenters. The van der Waals surface area contributed by atoms with Crippen LogP contribution in [-0.4, -0.2) is 19.6 Å². The van der Waals surface area contributed by atoms with Crippen molar-refractivity contribution in [3.63, 3.8) is 0 Å². The highest BCUT2D eigenvalue weighted by Gasteiger charge is 2.06. The molecule has 0 radical (unpaired) electrons. The van der Waals surface area contributed by atoms with Gasteiger partial charge in [0.15, 0.2) is 0 Å². The Labute approximate surface area is 112 Å². The fourth-order valence-corrected chi connectivity index (χ4v) is 2.34. The second-order valence-corrected chi connectivity index (χ2v) is 6.14. The molecule has 0 saturated carbocycles. The topological polar surface area (TPSA) is 63.6 Å². The summed E-state index contributed by atoms with van der Waals surface area (Å²) >= 11 is 0. The van der Waals surface area contributed by atoms with Crippen molar-refractivity contribution in [3.8, 4) is 0 Å². The lowest BCUT2D eigenvalue weighted by atomic mass is 9.98. The van der Waals surface area contributed by atoms with Gasteiger partial charge in [0, 0.05) is 0 Å². The molecule has 110 valence electrons. The Hall–Kier alpha value is -0.130. The average molecular weight is 280 g/mol. The van der Waals surface area contributed by atoms with E-state index in [9.17, 15) is 8.42 Å². The van der Waals surface area contributed by atoms with Gasteiger partial charge in [-0.15, -0.1) is 0 Å². The maximum atomic E-state index is 10.3. The highest BCUT2D eigenvalue weighted by Crippen LogP contribution is 2.16. The van der Waals surface area contributed by atoms with Crippen molar-refractivity contribution >= 4 is 10.4 Å². The second kappa shape index (κ2) is 10.8. The van der Waals surface area contributed by atoms with Crippen molar-refractivity contribution in [2.45, 2.75) is 71.6 Å². The van der Waals surface area contributed by atoms with Gasteiger partial charge >= 0.3 is 10.4 Å². The van der Waals surface area contributed by atoms with E-state index in [0.29, 0.717) is 12.3 Å². The lowest BCUT2D eigenvalue weighted by molar-refractivity contribution is 0.254. The van der Waals surface area contributed by atoms with E-state index in [1.165, 1.54) is 44.9 Å². The molecule has 0 spiro atoms. The lowest BCUT2D eigenvalue weighted by Gasteiger charge is -2.10. The van der Waals surface area contributed by atoms with Crippen LogP contribution in [0.5, 0.6) is 0 Å². The van der Waals surface area contributed by atoms with Crippen molar-refractivity contribution < 1.29 is 17.2 Å². The molecule has 1 N–H and O–H groups in total. The molecule has 0 aromatic rings. The zero-order valence-electron chi connectivity index (χ0n) is 11.7. The van der Waals surface area contributed by atoms with E-state index in [0.717, 1.165) is 6.42 Å². The maximum absolute atomic E-state index is 10.3. The van der Waals surface area contributed by atoms with Gasteiger partial charge in [-0.1, -0.05) is 58.8 Å². The first kappa shape index (κ1) is 17.9. The average Bonchev–Trinajstić information content (AvgIpc) is 2.28. The van der Waals surface area contributed by atoms with E-state index in [2.05, 4.69) is 18.0 Å². The zero-order valence-corrected chi connectivity index (χ0v) is 12.5. The molecule has 0 fully saturated rings. The van der Waals surface area contributed by atoms with E-state index in [4.69, 9.17) is 4.55 Å². The first-order chi connectivity index (χ1) is 8.45. The fraction of sp³-hybridized carbons (Fsp3) is 1.00. The normalized spacial score (nSPS) is 13.7. The Bertz CT molecular complexity index is 275. The largest absolute Gasteiger partial charge is 0.397 e. The molecule has 0 aliphatic rings. The summed E-state index contributed by atoms with van der Waals surface area (Å²) < 4.78 is 33.3. The Morgan fingerprint density at radius 2 is 1.56 bits per heavy atom. The van der Waals surface area contributed by atoms with Crippen LogP contribution in [0.15, 0.2) is 0 Å². The SMILES string of the molecule is CCCCCCCCC(C)CCCOS(=O)(=O)O. The smallest absolute Gasteiger partial charge is 0.264 e. The first-order valence-electron chi connectivity index (χ1n) is 7.07. The van der Waals surface area contributed by atoms with Crippen LogP contribution < -0.4 is 0 Å². The quantitative estimate of drug-likeness (QED) is 0.434. The van der Waals surface area contributed by atoms with Crippen LogP contribution in [0.1, 0.15) is 71.6 Å². The van der Waals surface area contributed by atoms with Gasteiger partial charge in [0.2, 0.25) is 0 Å². The summed E-state index contributed by atoms with van der Waals surface area (Å²) in [6.07, 6.45) is 10.7. The molecule has 0 rings (SSSR count). The molecule has 4 nitrogen and oxygen atoms in total. The van der Waals surface area contributed by atoms with Gasteiger partial charge in [0.25, 0.3) is 0 Å².